The Balaban J connectivity index is 1.56. The number of hydrogen-bond donors (Lipinski definition) is 2. The van der Waals surface area contributed by atoms with Crippen LogP contribution in [0.3, 0.4) is 0 Å². The Hall–Kier alpha value is -4.28. The molecule has 0 saturated carbocycles. The van der Waals surface area contributed by atoms with Crippen LogP contribution in [0.2, 0.25) is 0 Å². The summed E-state index contributed by atoms with van der Waals surface area (Å²) in [4.78, 5) is 34.4. The lowest BCUT2D eigenvalue weighted by atomic mass is 10.3. The van der Waals surface area contributed by atoms with Crippen LogP contribution in [0.5, 0.6) is 5.75 Å². The summed E-state index contributed by atoms with van der Waals surface area (Å²) in [6.07, 6.45) is 0.418. The highest BCUT2D eigenvalue weighted by Gasteiger charge is 2.18. The summed E-state index contributed by atoms with van der Waals surface area (Å²) in [6, 6.07) is 12.6. The number of benzene rings is 2. The molecule has 0 saturated heterocycles. The van der Waals surface area contributed by atoms with Gasteiger partial charge in [-0.1, -0.05) is 12.1 Å². The Morgan fingerprint density at radius 3 is 2.50 bits per heavy atom. The van der Waals surface area contributed by atoms with Gasteiger partial charge >= 0.3 is 0 Å². The lowest BCUT2D eigenvalue weighted by molar-refractivity contribution is -0.384. The summed E-state index contributed by atoms with van der Waals surface area (Å²) in [5.41, 5.74) is 4.81. The minimum absolute atomic E-state index is 0.00340. The van der Waals surface area contributed by atoms with Crippen molar-refractivity contribution >= 4 is 17.5 Å². The maximum atomic E-state index is 13.6. The summed E-state index contributed by atoms with van der Waals surface area (Å²) in [5.74, 6) is -2.09. The van der Waals surface area contributed by atoms with Gasteiger partial charge in [0.25, 0.3) is 17.5 Å². The van der Waals surface area contributed by atoms with Gasteiger partial charge in [-0.2, -0.15) is 5.10 Å². The number of non-ortho nitro benzene ring substituents is 1. The number of rotatable bonds is 6. The van der Waals surface area contributed by atoms with Gasteiger partial charge in [-0.25, -0.2) is 9.07 Å². The maximum absolute atomic E-state index is 13.6. The van der Waals surface area contributed by atoms with Crippen molar-refractivity contribution in [3.63, 3.8) is 0 Å². The van der Waals surface area contributed by atoms with Gasteiger partial charge in [-0.3, -0.25) is 30.6 Å². The zero-order valence-electron chi connectivity index (χ0n) is 15.6. The number of aromatic nitrogens is 2. The van der Waals surface area contributed by atoms with Crippen LogP contribution in [0.25, 0.3) is 5.69 Å². The van der Waals surface area contributed by atoms with E-state index in [2.05, 4.69) is 16.0 Å². The van der Waals surface area contributed by atoms with Crippen molar-refractivity contribution < 1.29 is 23.6 Å². The first-order chi connectivity index (χ1) is 14.3. The second kappa shape index (κ2) is 8.82. The molecule has 1 aromatic heterocycles. The SMILES string of the molecule is CC(Oc1ccccc1F)C(=O)NNC(=O)c1ccn(-c2ccc([N+](=O)[O-])cc2)n1. The smallest absolute Gasteiger partial charge is 0.290 e. The molecule has 1 atom stereocenters. The molecule has 154 valence electrons. The monoisotopic (exact) mass is 413 g/mol. The summed E-state index contributed by atoms with van der Waals surface area (Å²) in [5, 5.41) is 14.8. The normalized spacial score (nSPS) is 11.4. The first-order valence-corrected chi connectivity index (χ1v) is 8.67. The summed E-state index contributed by atoms with van der Waals surface area (Å²) < 4.78 is 20.2. The van der Waals surface area contributed by atoms with Gasteiger partial charge < -0.3 is 4.74 Å². The van der Waals surface area contributed by atoms with Crippen molar-refractivity contribution in [2.24, 2.45) is 0 Å². The molecule has 0 spiro atoms. The molecule has 2 N–H and O–H groups in total. The lowest BCUT2D eigenvalue weighted by Crippen LogP contribution is -2.47. The molecule has 30 heavy (non-hydrogen) atoms. The number of halogens is 1. The lowest BCUT2D eigenvalue weighted by Gasteiger charge is -2.15. The quantitative estimate of drug-likeness (QED) is 0.471. The predicted octanol–water partition coefficient (Wildman–Crippen LogP) is 2.15. The molecule has 0 aliphatic heterocycles. The number of nitro benzene ring substituents is 1. The second-order valence-electron chi connectivity index (χ2n) is 6.05. The van der Waals surface area contributed by atoms with E-state index >= 15 is 0 Å². The number of nitro groups is 1. The van der Waals surface area contributed by atoms with Crippen LogP contribution in [0, 0.1) is 15.9 Å². The molecule has 0 radical (unpaired) electrons. The van der Waals surface area contributed by atoms with E-state index in [4.69, 9.17) is 4.74 Å². The van der Waals surface area contributed by atoms with Gasteiger partial charge in [-0.05, 0) is 37.3 Å². The third kappa shape index (κ3) is 4.76. The van der Waals surface area contributed by atoms with Gasteiger partial charge in [0.2, 0.25) is 0 Å². The van der Waals surface area contributed by atoms with Crippen molar-refractivity contribution in [2.75, 3.05) is 0 Å². The number of nitrogens with one attached hydrogen (secondary N) is 2. The molecule has 0 bridgehead atoms. The second-order valence-corrected chi connectivity index (χ2v) is 6.05. The highest BCUT2D eigenvalue weighted by Crippen LogP contribution is 2.17. The fourth-order valence-corrected chi connectivity index (χ4v) is 2.38. The molecule has 3 aromatic rings. The van der Waals surface area contributed by atoms with E-state index in [1.807, 2.05) is 0 Å². The van der Waals surface area contributed by atoms with Crippen LogP contribution in [-0.4, -0.2) is 32.6 Å². The first kappa shape index (κ1) is 20.5. The topological polar surface area (TPSA) is 128 Å². The Labute approximate surface area is 169 Å². The summed E-state index contributed by atoms with van der Waals surface area (Å²) in [6.45, 7) is 1.40. The molecular weight excluding hydrogens is 397 g/mol. The van der Waals surface area contributed by atoms with E-state index in [0.717, 1.165) is 0 Å². The van der Waals surface area contributed by atoms with Gasteiger partial charge in [0, 0.05) is 18.3 Å². The van der Waals surface area contributed by atoms with Crippen molar-refractivity contribution in [1.82, 2.24) is 20.6 Å². The number of ether oxygens (including phenoxy) is 1. The Bertz CT molecular complexity index is 1080. The van der Waals surface area contributed by atoms with E-state index in [9.17, 15) is 24.1 Å². The van der Waals surface area contributed by atoms with E-state index in [-0.39, 0.29) is 17.1 Å². The molecule has 11 heteroatoms. The number of hydrazine groups is 1. The number of para-hydroxylation sites is 1. The third-order valence-electron chi connectivity index (χ3n) is 3.96. The Morgan fingerprint density at radius 1 is 1.13 bits per heavy atom. The third-order valence-corrected chi connectivity index (χ3v) is 3.96. The molecular formula is C19H16FN5O5. The van der Waals surface area contributed by atoms with Crippen LogP contribution in [0.15, 0.2) is 60.8 Å². The molecule has 1 heterocycles. The molecule has 1 unspecified atom stereocenters. The van der Waals surface area contributed by atoms with Crippen LogP contribution >= 0.6 is 0 Å². The Morgan fingerprint density at radius 2 is 1.83 bits per heavy atom. The summed E-state index contributed by atoms with van der Waals surface area (Å²) >= 11 is 0. The van der Waals surface area contributed by atoms with Crippen LogP contribution < -0.4 is 15.6 Å². The van der Waals surface area contributed by atoms with Crippen LogP contribution in [0.4, 0.5) is 10.1 Å². The maximum Gasteiger partial charge on any atom is 0.290 e. The number of carbonyl (C=O) groups excluding carboxylic acids is 2. The fraction of sp³-hybridized carbons (Fsp3) is 0.105. The van der Waals surface area contributed by atoms with Crippen molar-refractivity contribution in [3.05, 3.63) is 82.4 Å². The average Bonchev–Trinajstić information content (AvgIpc) is 3.23. The first-order valence-electron chi connectivity index (χ1n) is 8.67. The Kier molecular flexibility index (Phi) is 6.01. The summed E-state index contributed by atoms with van der Waals surface area (Å²) in [7, 11) is 0. The fourth-order valence-electron chi connectivity index (χ4n) is 2.38. The molecule has 2 aromatic carbocycles. The highest BCUT2D eigenvalue weighted by atomic mass is 19.1. The van der Waals surface area contributed by atoms with E-state index in [0.29, 0.717) is 5.69 Å². The van der Waals surface area contributed by atoms with E-state index in [1.165, 1.54) is 66.3 Å². The average molecular weight is 413 g/mol. The zero-order chi connectivity index (χ0) is 21.7. The largest absolute Gasteiger partial charge is 0.478 e. The molecule has 0 fully saturated rings. The zero-order valence-corrected chi connectivity index (χ0v) is 15.6. The van der Waals surface area contributed by atoms with Gasteiger partial charge in [0.15, 0.2) is 23.4 Å². The minimum Gasteiger partial charge on any atom is -0.478 e. The number of hydrogen-bond acceptors (Lipinski definition) is 6. The van der Waals surface area contributed by atoms with Crippen LogP contribution in [-0.2, 0) is 4.79 Å². The van der Waals surface area contributed by atoms with Gasteiger partial charge in [0.05, 0.1) is 10.6 Å². The number of amides is 2. The van der Waals surface area contributed by atoms with Crippen molar-refractivity contribution in [1.29, 1.82) is 0 Å². The molecule has 0 aliphatic rings. The number of nitrogens with zero attached hydrogens (tertiary/aromatic N) is 3. The molecule has 2 amide bonds. The van der Waals surface area contributed by atoms with E-state index < -0.39 is 28.7 Å². The van der Waals surface area contributed by atoms with Crippen molar-refractivity contribution in [2.45, 2.75) is 13.0 Å². The molecule has 10 nitrogen and oxygen atoms in total. The minimum atomic E-state index is -1.07. The van der Waals surface area contributed by atoms with Gasteiger partial charge in [-0.15, -0.1) is 0 Å². The molecule has 3 rings (SSSR count). The van der Waals surface area contributed by atoms with Crippen molar-refractivity contribution in [3.8, 4) is 11.4 Å². The standard InChI is InChI=1S/C19H16FN5O5/c1-12(30-17-5-3-2-4-15(17)20)18(26)21-22-19(27)16-10-11-24(23-16)13-6-8-14(9-7-13)25(28)29/h2-12H,1H3,(H,21,26)(H,22,27). The van der Waals surface area contributed by atoms with Crippen LogP contribution in [0.1, 0.15) is 17.4 Å². The molecule has 0 aliphatic carbocycles. The predicted molar refractivity (Wildman–Crippen MR) is 102 cm³/mol. The van der Waals surface area contributed by atoms with Gasteiger partial charge in [0.1, 0.15) is 0 Å². The highest BCUT2D eigenvalue weighted by molar-refractivity contribution is 5.94. The number of carbonyl (C=O) groups is 2. The van der Waals surface area contributed by atoms with E-state index in [1.54, 1.807) is 6.07 Å².